The summed E-state index contributed by atoms with van der Waals surface area (Å²) in [6.45, 7) is 6.12. The molecule has 0 saturated carbocycles. The van der Waals surface area contributed by atoms with Crippen molar-refractivity contribution in [2.45, 2.75) is 13.8 Å². The Morgan fingerprint density at radius 1 is 1.80 bits per heavy atom. The molecule has 2 nitrogen and oxygen atoms in total. The first-order chi connectivity index (χ1) is 4.57. The third-order valence-corrected chi connectivity index (χ3v) is 0.869. The molecule has 10 heavy (non-hydrogen) atoms. The minimum absolute atomic E-state index is 0. The number of hydrogen-bond donors (Lipinski definition) is 1. The molecule has 0 aliphatic heterocycles. The van der Waals surface area contributed by atoms with Gasteiger partial charge in [-0.25, -0.2) is 4.39 Å². The fourth-order valence-corrected chi connectivity index (χ4v) is 0.446. The Kier molecular flexibility index (Phi) is 3.39. The molecule has 0 radical (unpaired) electrons. The molecule has 0 fully saturated rings. The second-order valence-electron chi connectivity index (χ2n) is 1.80. The summed E-state index contributed by atoms with van der Waals surface area (Å²) in [5.41, 5.74) is 0.00926. The summed E-state index contributed by atoms with van der Waals surface area (Å²) in [6, 6.07) is 0. The van der Waals surface area contributed by atoms with Gasteiger partial charge in [0.05, 0.1) is 5.70 Å². The molecule has 0 spiro atoms. The van der Waals surface area contributed by atoms with Gasteiger partial charge in [-0.3, -0.25) is 4.79 Å². The van der Waals surface area contributed by atoms with E-state index in [4.69, 9.17) is 0 Å². The van der Waals surface area contributed by atoms with Crippen molar-refractivity contribution in [1.82, 2.24) is 5.32 Å². The number of allylic oxidation sites excluding steroid dienone is 2. The first kappa shape index (κ1) is 8.88. The molecule has 0 aliphatic carbocycles. The molecule has 0 unspecified atom stereocenters. The Hall–Kier alpha value is -1.12. The van der Waals surface area contributed by atoms with E-state index in [1.165, 1.54) is 19.9 Å². The van der Waals surface area contributed by atoms with Crippen molar-refractivity contribution in [3.63, 3.8) is 0 Å². The van der Waals surface area contributed by atoms with E-state index in [9.17, 15) is 9.18 Å². The van der Waals surface area contributed by atoms with E-state index in [0.717, 1.165) is 0 Å². The third-order valence-electron chi connectivity index (χ3n) is 0.869. The highest BCUT2D eigenvalue weighted by molar-refractivity contribution is 5.75. The summed E-state index contributed by atoms with van der Waals surface area (Å²) < 4.78 is 12.4. The second kappa shape index (κ2) is 3.82. The topological polar surface area (TPSA) is 29.1 Å². The van der Waals surface area contributed by atoms with Crippen molar-refractivity contribution in [3.05, 3.63) is 24.2 Å². The number of hydrogen-bond acceptors (Lipinski definition) is 1. The lowest BCUT2D eigenvalue weighted by molar-refractivity contribution is -0.118. The first-order valence-corrected chi connectivity index (χ1v) is 2.86. The van der Waals surface area contributed by atoms with Gasteiger partial charge >= 0.3 is 0 Å². The maximum absolute atomic E-state index is 12.4. The van der Waals surface area contributed by atoms with Crippen LogP contribution < -0.4 is 5.32 Å². The largest absolute Gasteiger partial charge is 0.324 e. The van der Waals surface area contributed by atoms with Crippen molar-refractivity contribution >= 4 is 5.91 Å². The molecule has 0 saturated heterocycles. The first-order valence-electron chi connectivity index (χ1n) is 2.86. The molecule has 58 valence electrons. The van der Waals surface area contributed by atoms with Crippen LogP contribution in [0, 0.1) is 0 Å². The molecule has 0 heterocycles. The Balaban J connectivity index is 0. The Labute approximate surface area is 60.9 Å². The van der Waals surface area contributed by atoms with Crippen LogP contribution in [-0.4, -0.2) is 5.91 Å². The Morgan fingerprint density at radius 2 is 2.30 bits per heavy atom. The fourth-order valence-electron chi connectivity index (χ4n) is 0.446. The van der Waals surface area contributed by atoms with Crippen LogP contribution in [0.3, 0.4) is 0 Å². The van der Waals surface area contributed by atoms with Crippen LogP contribution in [0.2, 0.25) is 0 Å². The average molecular weight is 145 g/mol. The highest BCUT2D eigenvalue weighted by Crippen LogP contribution is 2.03. The molecule has 0 aromatic carbocycles. The molecule has 0 aromatic heterocycles. The lowest BCUT2D eigenvalue weighted by atomic mass is 10.4. The van der Waals surface area contributed by atoms with Gasteiger partial charge in [0.15, 0.2) is 0 Å². The lowest BCUT2D eigenvalue weighted by Crippen LogP contribution is -2.18. The van der Waals surface area contributed by atoms with Gasteiger partial charge in [0.1, 0.15) is 5.83 Å². The van der Waals surface area contributed by atoms with Gasteiger partial charge in [0.2, 0.25) is 5.91 Å². The maximum Gasteiger partial charge on any atom is 0.221 e. The van der Waals surface area contributed by atoms with Crippen LogP contribution in [0.5, 0.6) is 0 Å². The van der Waals surface area contributed by atoms with Gasteiger partial charge in [0, 0.05) is 8.35 Å². The minimum Gasteiger partial charge on any atom is -0.324 e. The van der Waals surface area contributed by atoms with E-state index in [0.29, 0.717) is 0 Å². The summed E-state index contributed by atoms with van der Waals surface area (Å²) in [5, 5.41) is 2.22. The fraction of sp³-hybridized carbons (Fsp3) is 0.286. The highest BCUT2D eigenvalue weighted by atomic mass is 19.1. The van der Waals surface area contributed by atoms with Crippen LogP contribution in [-0.2, 0) is 4.79 Å². The molecule has 3 heteroatoms. The molecule has 0 bridgehead atoms. The van der Waals surface area contributed by atoms with E-state index in [-0.39, 0.29) is 13.0 Å². The SMILES string of the molecule is C=C(NC(C)=O)/C(F)=C\C.[HH]. The minimum atomic E-state index is -0.504. The van der Waals surface area contributed by atoms with Crippen LogP contribution in [0.1, 0.15) is 15.3 Å². The van der Waals surface area contributed by atoms with Crippen molar-refractivity contribution in [2.24, 2.45) is 0 Å². The molecule has 1 N–H and O–H groups in total. The van der Waals surface area contributed by atoms with Crippen molar-refractivity contribution in [3.8, 4) is 0 Å². The second-order valence-corrected chi connectivity index (χ2v) is 1.80. The highest BCUT2D eigenvalue weighted by Gasteiger charge is 1.99. The maximum atomic E-state index is 12.4. The Bertz CT molecular complexity index is 189. The average Bonchev–Trinajstić information content (AvgIpc) is 1.85. The van der Waals surface area contributed by atoms with E-state index in [1.54, 1.807) is 0 Å². The monoisotopic (exact) mass is 145 g/mol. The van der Waals surface area contributed by atoms with E-state index >= 15 is 0 Å². The van der Waals surface area contributed by atoms with Crippen LogP contribution >= 0.6 is 0 Å². The molecule has 1 amide bonds. The smallest absolute Gasteiger partial charge is 0.221 e. The van der Waals surface area contributed by atoms with Gasteiger partial charge in [-0.1, -0.05) is 6.58 Å². The van der Waals surface area contributed by atoms with Crippen molar-refractivity contribution in [1.29, 1.82) is 0 Å². The van der Waals surface area contributed by atoms with Crippen LogP contribution in [0.25, 0.3) is 0 Å². The van der Waals surface area contributed by atoms with Gasteiger partial charge in [0.25, 0.3) is 0 Å². The van der Waals surface area contributed by atoms with Gasteiger partial charge < -0.3 is 5.32 Å². The van der Waals surface area contributed by atoms with E-state index < -0.39 is 5.83 Å². The zero-order valence-electron chi connectivity index (χ0n) is 6.07. The molecule has 0 atom stereocenters. The molecule has 0 aromatic rings. The van der Waals surface area contributed by atoms with E-state index in [2.05, 4.69) is 11.9 Å². The summed E-state index contributed by atoms with van der Waals surface area (Å²) in [7, 11) is 0. The van der Waals surface area contributed by atoms with Crippen LogP contribution in [0.4, 0.5) is 4.39 Å². The number of amides is 1. The van der Waals surface area contributed by atoms with E-state index in [1.807, 2.05) is 0 Å². The zero-order valence-corrected chi connectivity index (χ0v) is 6.07. The van der Waals surface area contributed by atoms with Crippen LogP contribution in [0.15, 0.2) is 24.2 Å². The lowest BCUT2D eigenvalue weighted by Gasteiger charge is -2.00. The molecular formula is C7H12FNO. The van der Waals surface area contributed by atoms with Crippen molar-refractivity contribution < 1.29 is 10.6 Å². The predicted octanol–water partition coefficient (Wildman–Crippen LogP) is 1.76. The molecule has 0 rings (SSSR count). The predicted molar refractivity (Wildman–Crippen MR) is 39.9 cm³/mol. The number of carbonyl (C=O) groups is 1. The Morgan fingerprint density at radius 3 is 2.60 bits per heavy atom. The molecular weight excluding hydrogens is 133 g/mol. The molecule has 0 aliphatic rings. The summed E-state index contributed by atoms with van der Waals surface area (Å²) in [4.78, 5) is 10.3. The van der Waals surface area contributed by atoms with Crippen molar-refractivity contribution in [2.75, 3.05) is 0 Å². The zero-order chi connectivity index (χ0) is 8.15. The third kappa shape index (κ3) is 3.02. The van der Waals surface area contributed by atoms with Gasteiger partial charge in [-0.2, -0.15) is 0 Å². The van der Waals surface area contributed by atoms with Gasteiger partial charge in [-0.05, 0) is 13.0 Å². The standard InChI is InChI=1S/C7H10FNO.H2/c1-4-7(8)5(2)9-6(3)10;/h4H,2H2,1,3H3,(H,9,10);1H/b7-4+;. The number of halogens is 1. The normalized spacial score (nSPS) is 10.9. The summed E-state index contributed by atoms with van der Waals surface area (Å²) >= 11 is 0. The number of rotatable bonds is 2. The summed E-state index contributed by atoms with van der Waals surface area (Å²) in [5.74, 6) is -0.822. The number of nitrogens with one attached hydrogen (secondary N) is 1. The summed E-state index contributed by atoms with van der Waals surface area (Å²) in [6.07, 6.45) is 1.23. The van der Waals surface area contributed by atoms with Gasteiger partial charge in [-0.15, -0.1) is 0 Å². The quantitative estimate of drug-likeness (QED) is 0.589. The number of carbonyl (C=O) groups excluding carboxylic acids is 1.